The fourth-order valence-corrected chi connectivity index (χ4v) is 3.55. The van der Waals surface area contributed by atoms with E-state index < -0.39 is 0 Å². The third-order valence-electron chi connectivity index (χ3n) is 4.67. The Kier molecular flexibility index (Phi) is 4.51. The van der Waals surface area contributed by atoms with Crippen LogP contribution in [0.1, 0.15) is 5.56 Å². The quantitative estimate of drug-likeness (QED) is 0.856. The number of furan rings is 1. The van der Waals surface area contributed by atoms with Crippen molar-refractivity contribution in [3.8, 4) is 0 Å². The maximum atomic E-state index is 6.24. The van der Waals surface area contributed by atoms with E-state index in [9.17, 15) is 0 Å². The zero-order chi connectivity index (χ0) is 16.2. The lowest BCUT2D eigenvalue weighted by Gasteiger charge is -2.43. The van der Waals surface area contributed by atoms with Crippen LogP contribution in [0.3, 0.4) is 0 Å². The van der Waals surface area contributed by atoms with Gasteiger partial charge in [-0.15, -0.1) is 0 Å². The van der Waals surface area contributed by atoms with E-state index in [1.165, 1.54) is 5.56 Å². The van der Waals surface area contributed by atoms with Gasteiger partial charge in [-0.3, -0.25) is 9.88 Å². The van der Waals surface area contributed by atoms with Gasteiger partial charge in [-0.1, -0.05) is 0 Å². The topological polar surface area (TPSA) is 51.0 Å². The first-order valence-corrected chi connectivity index (χ1v) is 8.43. The Hall–Kier alpha value is -1.89. The summed E-state index contributed by atoms with van der Waals surface area (Å²) in [5.74, 6) is 0. The minimum atomic E-state index is -0.297. The van der Waals surface area contributed by atoms with Gasteiger partial charge in [0.2, 0.25) is 0 Å². The van der Waals surface area contributed by atoms with E-state index >= 15 is 0 Å². The third-order valence-corrected chi connectivity index (χ3v) is 4.67. The van der Waals surface area contributed by atoms with Crippen molar-refractivity contribution in [2.24, 2.45) is 0 Å². The van der Waals surface area contributed by atoms with Crippen molar-refractivity contribution in [3.05, 3.63) is 48.7 Å². The monoisotopic (exact) mass is 329 g/mol. The molecule has 1 atom stereocenters. The smallest absolute Gasteiger partial charge is 0.121 e. The molecule has 0 radical (unpaired) electrons. The number of rotatable bonds is 3. The summed E-state index contributed by atoms with van der Waals surface area (Å²) in [5, 5.41) is 0. The van der Waals surface area contributed by atoms with Crippen LogP contribution in [-0.2, 0) is 16.0 Å². The molecule has 4 rings (SSSR count). The summed E-state index contributed by atoms with van der Waals surface area (Å²) in [6.07, 6.45) is 7.25. The van der Waals surface area contributed by atoms with Gasteiger partial charge in [0.15, 0.2) is 0 Å². The summed E-state index contributed by atoms with van der Waals surface area (Å²) in [6.45, 7) is 6.41. The summed E-state index contributed by atoms with van der Waals surface area (Å²) in [6, 6.07) is 6.09. The van der Waals surface area contributed by atoms with Gasteiger partial charge in [0, 0.05) is 37.9 Å². The van der Waals surface area contributed by atoms with Gasteiger partial charge in [-0.05, 0) is 18.2 Å². The van der Waals surface area contributed by atoms with Crippen molar-refractivity contribution in [2.75, 3.05) is 50.9 Å². The van der Waals surface area contributed by atoms with Crippen LogP contribution in [0.2, 0.25) is 0 Å². The van der Waals surface area contributed by atoms with E-state index in [-0.39, 0.29) is 5.60 Å². The Morgan fingerprint density at radius 3 is 3.00 bits per heavy atom. The first-order chi connectivity index (χ1) is 11.8. The number of anilines is 1. The summed E-state index contributed by atoms with van der Waals surface area (Å²) >= 11 is 0. The van der Waals surface area contributed by atoms with E-state index in [0.717, 1.165) is 45.0 Å². The van der Waals surface area contributed by atoms with Crippen molar-refractivity contribution in [1.82, 2.24) is 9.88 Å². The van der Waals surface area contributed by atoms with E-state index in [4.69, 9.17) is 13.9 Å². The number of aromatic nitrogens is 1. The standard InChI is InChI=1S/C18H23N3O3/c1-2-17(10-19-4-1)21-6-8-23-15-18(14-21)13-20(5-9-24-18)11-16-3-7-22-12-16/h1-4,7,10,12H,5-6,8-9,11,13-15H2/t18-/m0/s1. The molecule has 128 valence electrons. The Labute approximate surface area is 142 Å². The summed E-state index contributed by atoms with van der Waals surface area (Å²) in [4.78, 5) is 8.99. The summed E-state index contributed by atoms with van der Waals surface area (Å²) < 4.78 is 17.3. The third kappa shape index (κ3) is 3.45. The lowest BCUT2D eigenvalue weighted by molar-refractivity contribution is -0.134. The molecule has 2 aromatic heterocycles. The highest BCUT2D eigenvalue weighted by Gasteiger charge is 2.40. The molecule has 2 aliphatic heterocycles. The van der Waals surface area contributed by atoms with E-state index in [2.05, 4.69) is 20.9 Å². The highest BCUT2D eigenvalue weighted by Crippen LogP contribution is 2.26. The van der Waals surface area contributed by atoms with Gasteiger partial charge in [0.1, 0.15) is 5.60 Å². The Morgan fingerprint density at radius 1 is 1.17 bits per heavy atom. The molecule has 0 unspecified atom stereocenters. The van der Waals surface area contributed by atoms with Gasteiger partial charge >= 0.3 is 0 Å². The minimum absolute atomic E-state index is 0.297. The van der Waals surface area contributed by atoms with Gasteiger partial charge in [0.25, 0.3) is 0 Å². The van der Waals surface area contributed by atoms with Crippen LogP contribution in [0.25, 0.3) is 0 Å². The lowest BCUT2D eigenvalue weighted by atomic mass is 10.0. The highest BCUT2D eigenvalue weighted by atomic mass is 16.5. The predicted molar refractivity (Wildman–Crippen MR) is 89.9 cm³/mol. The van der Waals surface area contributed by atoms with E-state index in [1.54, 1.807) is 12.5 Å². The van der Waals surface area contributed by atoms with Gasteiger partial charge in [-0.25, -0.2) is 0 Å². The Morgan fingerprint density at radius 2 is 2.17 bits per heavy atom. The normalized spacial score (nSPS) is 25.8. The maximum absolute atomic E-state index is 6.24. The number of morpholine rings is 1. The van der Waals surface area contributed by atoms with Crippen molar-refractivity contribution < 1.29 is 13.9 Å². The second kappa shape index (κ2) is 6.93. The number of ether oxygens (including phenoxy) is 2. The summed E-state index contributed by atoms with van der Waals surface area (Å²) in [5.41, 5.74) is 2.03. The molecule has 4 heterocycles. The molecule has 6 heteroatoms. The number of nitrogens with zero attached hydrogens (tertiary/aromatic N) is 3. The Balaban J connectivity index is 1.49. The first-order valence-electron chi connectivity index (χ1n) is 8.43. The molecule has 0 amide bonds. The molecule has 6 nitrogen and oxygen atoms in total. The number of hydrogen-bond donors (Lipinski definition) is 0. The van der Waals surface area contributed by atoms with Gasteiger partial charge < -0.3 is 18.8 Å². The molecule has 2 saturated heterocycles. The van der Waals surface area contributed by atoms with Crippen LogP contribution in [0.15, 0.2) is 47.5 Å². The average Bonchev–Trinajstić information content (AvgIpc) is 3.03. The van der Waals surface area contributed by atoms with Crippen LogP contribution in [-0.4, -0.2) is 61.5 Å². The molecular weight excluding hydrogens is 306 g/mol. The van der Waals surface area contributed by atoms with Crippen molar-refractivity contribution >= 4 is 5.69 Å². The zero-order valence-corrected chi connectivity index (χ0v) is 13.8. The molecule has 2 aromatic rings. The maximum Gasteiger partial charge on any atom is 0.121 e. The molecule has 0 aromatic carbocycles. The predicted octanol–water partition coefficient (Wildman–Crippen LogP) is 1.78. The number of pyridine rings is 1. The molecule has 0 aliphatic carbocycles. The van der Waals surface area contributed by atoms with Crippen LogP contribution >= 0.6 is 0 Å². The largest absolute Gasteiger partial charge is 0.472 e. The van der Waals surface area contributed by atoms with Crippen LogP contribution in [0.4, 0.5) is 5.69 Å². The molecule has 1 spiro atoms. The lowest BCUT2D eigenvalue weighted by Crippen LogP contribution is -2.58. The molecule has 2 aliphatic rings. The summed E-state index contributed by atoms with van der Waals surface area (Å²) in [7, 11) is 0. The zero-order valence-electron chi connectivity index (χ0n) is 13.8. The Bertz CT molecular complexity index is 634. The average molecular weight is 329 g/mol. The highest BCUT2D eigenvalue weighted by molar-refractivity contribution is 5.44. The van der Waals surface area contributed by atoms with Crippen molar-refractivity contribution in [2.45, 2.75) is 12.1 Å². The molecular formula is C18H23N3O3. The van der Waals surface area contributed by atoms with E-state index in [0.29, 0.717) is 13.2 Å². The molecule has 0 bridgehead atoms. The first kappa shape index (κ1) is 15.6. The van der Waals surface area contributed by atoms with Crippen molar-refractivity contribution in [1.29, 1.82) is 0 Å². The SMILES string of the molecule is c1cncc(N2CCOC[C@]3(CN(Cc4ccoc4)CCO3)C2)c1. The second-order valence-corrected chi connectivity index (χ2v) is 6.56. The van der Waals surface area contributed by atoms with E-state index in [1.807, 2.05) is 24.6 Å². The molecule has 0 N–H and O–H groups in total. The second-order valence-electron chi connectivity index (χ2n) is 6.56. The van der Waals surface area contributed by atoms with Crippen molar-refractivity contribution in [3.63, 3.8) is 0 Å². The fraction of sp³-hybridized carbons (Fsp3) is 0.500. The fourth-order valence-electron chi connectivity index (χ4n) is 3.55. The minimum Gasteiger partial charge on any atom is -0.472 e. The van der Waals surface area contributed by atoms with Crippen LogP contribution in [0.5, 0.6) is 0 Å². The van der Waals surface area contributed by atoms with Gasteiger partial charge in [0.05, 0.1) is 50.8 Å². The molecule has 2 fully saturated rings. The number of hydrogen-bond acceptors (Lipinski definition) is 6. The molecule has 24 heavy (non-hydrogen) atoms. The molecule has 0 saturated carbocycles. The van der Waals surface area contributed by atoms with Crippen LogP contribution < -0.4 is 4.90 Å². The van der Waals surface area contributed by atoms with Gasteiger partial charge in [-0.2, -0.15) is 0 Å². The van der Waals surface area contributed by atoms with Crippen LogP contribution in [0, 0.1) is 0 Å².